The molecule has 1 aromatic heterocycles. The highest BCUT2D eigenvalue weighted by atomic mass is 16.5. The van der Waals surface area contributed by atoms with Crippen molar-refractivity contribution in [3.8, 4) is 5.88 Å². The summed E-state index contributed by atoms with van der Waals surface area (Å²) in [6.45, 7) is 8.78. The fourth-order valence-corrected chi connectivity index (χ4v) is 1.72. The first-order valence-corrected chi connectivity index (χ1v) is 7.27. The summed E-state index contributed by atoms with van der Waals surface area (Å²) in [5, 5.41) is 3.24. The van der Waals surface area contributed by atoms with Crippen molar-refractivity contribution < 1.29 is 4.74 Å². The van der Waals surface area contributed by atoms with Crippen LogP contribution in [0.15, 0.2) is 6.33 Å². The van der Waals surface area contributed by atoms with Crippen molar-refractivity contribution in [2.45, 2.75) is 39.7 Å². The van der Waals surface area contributed by atoms with Crippen LogP contribution in [0.2, 0.25) is 0 Å². The predicted octanol–water partition coefficient (Wildman–Crippen LogP) is 1.99. The molecular weight excluding hydrogens is 254 g/mol. The number of hydrogen-bond donors (Lipinski definition) is 2. The van der Waals surface area contributed by atoms with Crippen LogP contribution >= 0.6 is 0 Å². The molecule has 3 N–H and O–H groups in total. The molecule has 0 aliphatic heterocycles. The van der Waals surface area contributed by atoms with Crippen LogP contribution in [0, 0.1) is 0 Å². The van der Waals surface area contributed by atoms with Gasteiger partial charge in [0, 0.05) is 19.1 Å². The number of ether oxygens (including phenoxy) is 1. The molecule has 0 bridgehead atoms. The van der Waals surface area contributed by atoms with Gasteiger partial charge in [-0.25, -0.2) is 4.98 Å². The maximum absolute atomic E-state index is 6.00. The number of nitrogens with two attached hydrogens (primary N) is 1. The van der Waals surface area contributed by atoms with E-state index in [0.29, 0.717) is 30.0 Å². The van der Waals surface area contributed by atoms with Gasteiger partial charge in [0.1, 0.15) is 12.0 Å². The van der Waals surface area contributed by atoms with Gasteiger partial charge < -0.3 is 20.7 Å². The standard InChI is InChI=1S/C14H27N5O/c1-5-9-20-14-12(15)13(17-10-18-14)16-7-8-19(4)11(3)6-2/h10-11H,5-9,15H2,1-4H3,(H,16,17,18). The van der Waals surface area contributed by atoms with Crippen LogP contribution < -0.4 is 15.8 Å². The van der Waals surface area contributed by atoms with Gasteiger partial charge in [-0.1, -0.05) is 13.8 Å². The largest absolute Gasteiger partial charge is 0.476 e. The molecule has 0 aliphatic rings. The number of nitrogens with zero attached hydrogens (tertiary/aromatic N) is 3. The Balaban J connectivity index is 2.51. The molecule has 1 rings (SSSR count). The van der Waals surface area contributed by atoms with E-state index in [4.69, 9.17) is 10.5 Å². The third-order valence-corrected chi connectivity index (χ3v) is 3.39. The van der Waals surface area contributed by atoms with Gasteiger partial charge in [-0.05, 0) is 26.8 Å². The number of hydrogen-bond acceptors (Lipinski definition) is 6. The molecule has 6 heteroatoms. The fourth-order valence-electron chi connectivity index (χ4n) is 1.72. The maximum atomic E-state index is 6.00. The molecule has 1 atom stereocenters. The van der Waals surface area contributed by atoms with E-state index in [1.165, 1.54) is 6.33 Å². The van der Waals surface area contributed by atoms with Crippen molar-refractivity contribution in [1.82, 2.24) is 14.9 Å². The van der Waals surface area contributed by atoms with Crippen LogP contribution in [-0.4, -0.2) is 47.7 Å². The van der Waals surface area contributed by atoms with Crippen LogP contribution in [0.25, 0.3) is 0 Å². The molecule has 0 fully saturated rings. The van der Waals surface area contributed by atoms with E-state index in [1.807, 2.05) is 6.92 Å². The van der Waals surface area contributed by atoms with Gasteiger partial charge in [0.25, 0.3) is 0 Å². The zero-order valence-electron chi connectivity index (χ0n) is 13.0. The Morgan fingerprint density at radius 2 is 2.15 bits per heavy atom. The minimum absolute atomic E-state index is 0.458. The highest BCUT2D eigenvalue weighted by Gasteiger charge is 2.10. The van der Waals surface area contributed by atoms with Gasteiger partial charge in [0.2, 0.25) is 5.88 Å². The molecule has 0 aliphatic carbocycles. The Morgan fingerprint density at radius 1 is 1.40 bits per heavy atom. The van der Waals surface area contributed by atoms with E-state index in [-0.39, 0.29) is 0 Å². The van der Waals surface area contributed by atoms with Crippen molar-refractivity contribution in [2.75, 3.05) is 37.8 Å². The minimum Gasteiger partial charge on any atom is -0.476 e. The first kappa shape index (κ1) is 16.5. The van der Waals surface area contributed by atoms with E-state index in [9.17, 15) is 0 Å². The van der Waals surface area contributed by atoms with Crippen molar-refractivity contribution in [1.29, 1.82) is 0 Å². The van der Waals surface area contributed by atoms with Gasteiger partial charge in [-0.3, -0.25) is 0 Å². The van der Waals surface area contributed by atoms with E-state index in [1.54, 1.807) is 0 Å². The molecule has 20 heavy (non-hydrogen) atoms. The number of nitrogens with one attached hydrogen (secondary N) is 1. The Morgan fingerprint density at radius 3 is 2.80 bits per heavy atom. The van der Waals surface area contributed by atoms with E-state index < -0.39 is 0 Å². The lowest BCUT2D eigenvalue weighted by Crippen LogP contribution is -2.32. The van der Waals surface area contributed by atoms with Crippen LogP contribution in [-0.2, 0) is 0 Å². The van der Waals surface area contributed by atoms with E-state index in [0.717, 1.165) is 25.9 Å². The molecule has 114 valence electrons. The zero-order chi connectivity index (χ0) is 15.0. The third-order valence-electron chi connectivity index (χ3n) is 3.39. The quantitative estimate of drug-likeness (QED) is 0.721. The summed E-state index contributed by atoms with van der Waals surface area (Å²) in [5.41, 5.74) is 6.48. The molecule has 6 nitrogen and oxygen atoms in total. The Kier molecular flexibility index (Phi) is 7.08. The zero-order valence-corrected chi connectivity index (χ0v) is 13.0. The molecule has 1 heterocycles. The third kappa shape index (κ3) is 4.85. The molecule has 0 saturated heterocycles. The van der Waals surface area contributed by atoms with Crippen LogP contribution in [0.5, 0.6) is 5.88 Å². The Bertz CT molecular complexity index is 399. The van der Waals surface area contributed by atoms with Gasteiger partial charge in [0.05, 0.1) is 6.61 Å². The summed E-state index contributed by atoms with van der Waals surface area (Å²) in [6, 6.07) is 0.572. The first-order chi connectivity index (χ1) is 9.60. The molecule has 0 saturated carbocycles. The number of anilines is 2. The number of aromatic nitrogens is 2. The lowest BCUT2D eigenvalue weighted by molar-refractivity contribution is 0.261. The van der Waals surface area contributed by atoms with Gasteiger partial charge in [-0.15, -0.1) is 0 Å². The van der Waals surface area contributed by atoms with E-state index in [2.05, 4.69) is 41.1 Å². The summed E-state index contributed by atoms with van der Waals surface area (Å²) in [4.78, 5) is 10.5. The van der Waals surface area contributed by atoms with Crippen LogP contribution in [0.3, 0.4) is 0 Å². The minimum atomic E-state index is 0.458. The summed E-state index contributed by atoms with van der Waals surface area (Å²) in [7, 11) is 2.12. The summed E-state index contributed by atoms with van der Waals surface area (Å²) >= 11 is 0. The number of nitrogen functional groups attached to an aromatic ring is 1. The van der Waals surface area contributed by atoms with E-state index >= 15 is 0 Å². The molecular formula is C14H27N5O. The molecule has 0 radical (unpaired) electrons. The average Bonchev–Trinajstić information content (AvgIpc) is 2.46. The predicted molar refractivity (Wildman–Crippen MR) is 83.1 cm³/mol. The monoisotopic (exact) mass is 281 g/mol. The highest BCUT2D eigenvalue weighted by molar-refractivity contribution is 5.66. The Labute approximate surface area is 121 Å². The van der Waals surface area contributed by atoms with Crippen molar-refractivity contribution >= 4 is 11.5 Å². The van der Waals surface area contributed by atoms with Crippen LogP contribution in [0.4, 0.5) is 11.5 Å². The second-order valence-corrected chi connectivity index (χ2v) is 4.95. The van der Waals surface area contributed by atoms with Gasteiger partial charge in [-0.2, -0.15) is 4.98 Å². The first-order valence-electron chi connectivity index (χ1n) is 7.27. The smallest absolute Gasteiger partial charge is 0.242 e. The Hall–Kier alpha value is -1.56. The van der Waals surface area contributed by atoms with Crippen molar-refractivity contribution in [3.05, 3.63) is 6.33 Å². The molecule has 0 aromatic carbocycles. The fraction of sp³-hybridized carbons (Fsp3) is 0.714. The van der Waals surface area contributed by atoms with Crippen molar-refractivity contribution in [2.24, 2.45) is 0 Å². The lowest BCUT2D eigenvalue weighted by atomic mass is 10.2. The molecule has 0 amide bonds. The molecule has 1 aromatic rings. The lowest BCUT2D eigenvalue weighted by Gasteiger charge is -2.23. The van der Waals surface area contributed by atoms with Crippen molar-refractivity contribution in [3.63, 3.8) is 0 Å². The highest BCUT2D eigenvalue weighted by Crippen LogP contribution is 2.24. The molecule has 0 spiro atoms. The second kappa shape index (κ2) is 8.58. The summed E-state index contributed by atoms with van der Waals surface area (Å²) in [5.74, 6) is 1.10. The summed E-state index contributed by atoms with van der Waals surface area (Å²) in [6.07, 6.45) is 3.54. The number of likely N-dealkylation sites (N-methyl/N-ethyl adjacent to an activating group) is 1. The second-order valence-electron chi connectivity index (χ2n) is 4.95. The van der Waals surface area contributed by atoms with Crippen LogP contribution in [0.1, 0.15) is 33.6 Å². The summed E-state index contributed by atoms with van der Waals surface area (Å²) < 4.78 is 5.48. The number of rotatable bonds is 9. The average molecular weight is 281 g/mol. The SMILES string of the molecule is CCCOc1ncnc(NCCN(C)C(C)CC)c1N. The van der Waals surface area contributed by atoms with Gasteiger partial charge >= 0.3 is 0 Å². The topological polar surface area (TPSA) is 76.3 Å². The van der Waals surface area contributed by atoms with Gasteiger partial charge in [0.15, 0.2) is 5.82 Å². The maximum Gasteiger partial charge on any atom is 0.242 e. The normalized spacial score (nSPS) is 12.4. The molecule has 1 unspecified atom stereocenters.